The van der Waals surface area contributed by atoms with E-state index in [1.54, 1.807) is 36.6 Å². The predicted molar refractivity (Wildman–Crippen MR) is 104 cm³/mol. The van der Waals surface area contributed by atoms with Crippen LogP contribution in [0.1, 0.15) is 12.0 Å². The van der Waals surface area contributed by atoms with Gasteiger partial charge in [0, 0.05) is 5.75 Å². The van der Waals surface area contributed by atoms with Gasteiger partial charge in [-0.2, -0.15) is 0 Å². The molecule has 3 atom stereocenters. The predicted octanol–water partition coefficient (Wildman–Crippen LogP) is 0.797. The molecule has 0 saturated carbocycles. The van der Waals surface area contributed by atoms with Crippen LogP contribution in [0.5, 0.6) is 0 Å². The number of benzene rings is 1. The lowest BCUT2D eigenvalue weighted by Crippen LogP contribution is -2.52. The Labute approximate surface area is 164 Å². The number of nitrogens with one attached hydrogen (secondary N) is 1. The van der Waals surface area contributed by atoms with E-state index in [2.05, 4.69) is 5.32 Å². The van der Waals surface area contributed by atoms with Crippen LogP contribution >= 0.6 is 21.6 Å². The van der Waals surface area contributed by atoms with Crippen molar-refractivity contribution < 1.29 is 29.4 Å². The van der Waals surface area contributed by atoms with Crippen LogP contribution in [-0.2, 0) is 25.6 Å². The summed E-state index contributed by atoms with van der Waals surface area (Å²) in [6.45, 7) is 0. The van der Waals surface area contributed by atoms with Crippen molar-refractivity contribution in [2.75, 3.05) is 12.0 Å². The summed E-state index contributed by atoms with van der Waals surface area (Å²) in [5.41, 5.74) is 6.27. The van der Waals surface area contributed by atoms with Gasteiger partial charge in [0.15, 0.2) is 5.78 Å². The maximum Gasteiger partial charge on any atom is 0.315 e. The fourth-order valence-electron chi connectivity index (χ4n) is 2.29. The maximum atomic E-state index is 12.8. The summed E-state index contributed by atoms with van der Waals surface area (Å²) in [7, 11) is 2.56. The third-order valence-corrected chi connectivity index (χ3v) is 5.49. The second kappa shape index (κ2) is 11.6. The van der Waals surface area contributed by atoms with Crippen molar-refractivity contribution in [3.8, 4) is 0 Å². The summed E-state index contributed by atoms with van der Waals surface area (Å²) in [4.78, 5) is 47.2. The molecule has 0 radical (unpaired) electrons. The van der Waals surface area contributed by atoms with Crippen molar-refractivity contribution in [3.05, 3.63) is 35.9 Å². The minimum atomic E-state index is -1.34. The fourth-order valence-corrected chi connectivity index (χ4v) is 3.68. The zero-order chi connectivity index (χ0) is 20.4. The first-order valence-corrected chi connectivity index (χ1v) is 10.7. The molecule has 0 bridgehead atoms. The van der Waals surface area contributed by atoms with E-state index in [-0.39, 0.29) is 12.2 Å². The highest BCUT2D eigenvalue weighted by molar-refractivity contribution is 8.76. The highest BCUT2D eigenvalue weighted by Crippen LogP contribution is 2.22. The van der Waals surface area contributed by atoms with Crippen LogP contribution in [0.25, 0.3) is 0 Å². The Morgan fingerprint density at radius 2 is 1.78 bits per heavy atom. The quantitative estimate of drug-likeness (QED) is 0.288. The molecule has 0 aliphatic carbocycles. The van der Waals surface area contributed by atoms with E-state index in [1.165, 1.54) is 21.6 Å². The van der Waals surface area contributed by atoms with Crippen LogP contribution < -0.4 is 11.1 Å². The van der Waals surface area contributed by atoms with Gasteiger partial charge in [0.05, 0.1) is 18.5 Å². The molecule has 8 nitrogen and oxygen atoms in total. The summed E-state index contributed by atoms with van der Waals surface area (Å²) >= 11 is 0. The van der Waals surface area contributed by atoms with Gasteiger partial charge < -0.3 is 21.3 Å². The second-order valence-electron chi connectivity index (χ2n) is 5.70. The first-order chi connectivity index (χ1) is 12.8. The lowest BCUT2D eigenvalue weighted by molar-refractivity contribution is -0.146. The standard InChI is InChI=1S/C17H22N2O6S2/c1-26-27-9-11(17(24)25)15(22)13(7-10-5-3-2-4-6-10)19-16(23)12(18)8-14(20)21/h2-6,11-13H,7-9,18H2,1H3,(H,19,23)(H,20,21)(H,24,25)/t11?,12-,13-/m0/s1. The van der Waals surface area contributed by atoms with E-state index in [0.29, 0.717) is 0 Å². The molecular formula is C17H22N2O6S2. The van der Waals surface area contributed by atoms with Crippen LogP contribution in [0.15, 0.2) is 30.3 Å². The monoisotopic (exact) mass is 414 g/mol. The van der Waals surface area contributed by atoms with Gasteiger partial charge in [-0.25, -0.2) is 0 Å². The summed E-state index contributed by atoms with van der Waals surface area (Å²) in [6.07, 6.45) is 1.25. The number of hydrogen-bond donors (Lipinski definition) is 4. The van der Waals surface area contributed by atoms with Gasteiger partial charge in [-0.3, -0.25) is 19.2 Å². The molecule has 0 fully saturated rings. The molecular weight excluding hydrogens is 392 g/mol. The number of hydrogen-bond acceptors (Lipinski definition) is 7. The number of carboxylic acid groups (broad SMARTS) is 2. The third-order valence-electron chi connectivity index (χ3n) is 3.67. The lowest BCUT2D eigenvalue weighted by atomic mass is 9.94. The molecule has 148 valence electrons. The molecule has 0 heterocycles. The Hall–Kier alpha value is -2.04. The van der Waals surface area contributed by atoms with Gasteiger partial charge in [-0.15, -0.1) is 0 Å². The molecule has 1 amide bonds. The van der Waals surface area contributed by atoms with Crippen LogP contribution in [0.4, 0.5) is 0 Å². The summed E-state index contributed by atoms with van der Waals surface area (Å²) < 4.78 is 0. The Morgan fingerprint density at radius 1 is 1.15 bits per heavy atom. The van der Waals surface area contributed by atoms with E-state index in [1.807, 2.05) is 0 Å². The number of ketones is 1. The smallest absolute Gasteiger partial charge is 0.315 e. The average Bonchev–Trinajstić information content (AvgIpc) is 2.61. The second-order valence-corrected chi connectivity index (χ2v) is 8.31. The topological polar surface area (TPSA) is 147 Å². The van der Waals surface area contributed by atoms with Crippen molar-refractivity contribution >= 4 is 45.2 Å². The van der Waals surface area contributed by atoms with Gasteiger partial charge in [0.2, 0.25) is 5.91 Å². The molecule has 10 heteroatoms. The number of Topliss-reactive ketones (excluding diaryl/α,β-unsaturated/α-hetero) is 1. The number of carbonyl (C=O) groups excluding carboxylic acids is 2. The van der Waals surface area contributed by atoms with Gasteiger partial charge >= 0.3 is 11.9 Å². The molecule has 0 aromatic heterocycles. The minimum Gasteiger partial charge on any atom is -0.481 e. The molecule has 1 aromatic rings. The van der Waals surface area contributed by atoms with Crippen LogP contribution in [-0.4, -0.2) is 57.9 Å². The highest BCUT2D eigenvalue weighted by Gasteiger charge is 2.34. The van der Waals surface area contributed by atoms with E-state index < -0.39 is 48.1 Å². The summed E-state index contributed by atoms with van der Waals surface area (Å²) in [6, 6.07) is 6.34. The molecule has 0 aliphatic rings. The zero-order valence-corrected chi connectivity index (χ0v) is 16.3. The van der Waals surface area contributed by atoms with Crippen molar-refractivity contribution in [1.29, 1.82) is 0 Å². The number of rotatable bonds is 12. The molecule has 1 unspecified atom stereocenters. The molecule has 1 aromatic carbocycles. The van der Waals surface area contributed by atoms with Crippen LogP contribution in [0.2, 0.25) is 0 Å². The van der Waals surface area contributed by atoms with Gasteiger partial charge in [-0.05, 0) is 18.2 Å². The number of aliphatic carboxylic acids is 2. The lowest BCUT2D eigenvalue weighted by Gasteiger charge is -2.22. The number of nitrogens with two attached hydrogens (primary N) is 1. The van der Waals surface area contributed by atoms with Gasteiger partial charge in [0.25, 0.3) is 0 Å². The van der Waals surface area contributed by atoms with E-state index in [4.69, 9.17) is 10.8 Å². The third kappa shape index (κ3) is 8.02. The van der Waals surface area contributed by atoms with E-state index >= 15 is 0 Å². The van der Waals surface area contributed by atoms with Gasteiger partial charge in [-0.1, -0.05) is 51.9 Å². The Bertz CT molecular complexity index is 671. The van der Waals surface area contributed by atoms with Crippen molar-refractivity contribution in [2.45, 2.75) is 24.9 Å². The Balaban J connectivity index is 3.01. The Kier molecular flexibility index (Phi) is 9.90. The molecule has 5 N–H and O–H groups in total. The fraction of sp³-hybridized carbons (Fsp3) is 0.412. The minimum absolute atomic E-state index is 0.0532. The van der Waals surface area contributed by atoms with Crippen molar-refractivity contribution in [2.24, 2.45) is 11.7 Å². The van der Waals surface area contributed by atoms with Crippen molar-refractivity contribution in [1.82, 2.24) is 5.32 Å². The molecule has 27 heavy (non-hydrogen) atoms. The maximum absolute atomic E-state index is 12.8. The van der Waals surface area contributed by atoms with Crippen LogP contribution in [0, 0.1) is 5.92 Å². The molecule has 1 rings (SSSR count). The van der Waals surface area contributed by atoms with E-state index in [0.717, 1.165) is 5.56 Å². The molecule has 0 aliphatic heterocycles. The first kappa shape index (κ1) is 23.0. The SMILES string of the molecule is CSSCC(C(=O)O)C(=O)[C@H](Cc1ccccc1)NC(=O)[C@@H](N)CC(=O)O. The summed E-state index contributed by atoms with van der Waals surface area (Å²) in [5.74, 6) is -5.23. The number of amides is 1. The largest absolute Gasteiger partial charge is 0.481 e. The average molecular weight is 415 g/mol. The highest BCUT2D eigenvalue weighted by atomic mass is 33.1. The van der Waals surface area contributed by atoms with Crippen LogP contribution in [0.3, 0.4) is 0 Å². The van der Waals surface area contributed by atoms with Gasteiger partial charge in [0.1, 0.15) is 5.92 Å². The Morgan fingerprint density at radius 3 is 2.30 bits per heavy atom. The normalized spacial score (nSPS) is 14.0. The number of carbonyl (C=O) groups is 4. The molecule has 0 saturated heterocycles. The van der Waals surface area contributed by atoms with Crippen molar-refractivity contribution in [3.63, 3.8) is 0 Å². The first-order valence-electron chi connectivity index (χ1n) is 8.00. The number of carboxylic acids is 2. The van der Waals surface area contributed by atoms with E-state index in [9.17, 15) is 24.3 Å². The summed E-state index contributed by atoms with van der Waals surface area (Å²) in [5, 5.41) is 20.6. The zero-order valence-electron chi connectivity index (χ0n) is 14.7. The molecule has 0 spiro atoms.